The van der Waals surface area contributed by atoms with Crippen molar-refractivity contribution >= 4 is 22.2 Å². The van der Waals surface area contributed by atoms with E-state index < -0.39 is 9.84 Å². The van der Waals surface area contributed by atoms with Crippen LogP contribution in [-0.2, 0) is 28.6 Å². The zero-order valence-electron chi connectivity index (χ0n) is 13.6. The molecular formula is C15H23ClN4O3S. The van der Waals surface area contributed by atoms with Gasteiger partial charge in [0.15, 0.2) is 15.7 Å². The maximum Gasteiger partial charge on any atom is 0.240 e. The second-order valence-corrected chi connectivity index (χ2v) is 7.62. The number of benzene rings is 1. The van der Waals surface area contributed by atoms with Crippen molar-refractivity contribution in [3.8, 4) is 0 Å². The Kier molecular flexibility index (Phi) is 8.34. The lowest BCUT2D eigenvalue weighted by Gasteiger charge is -2.19. The number of aromatic nitrogens is 2. The largest absolute Gasteiger partial charge is 0.338 e. The van der Waals surface area contributed by atoms with Crippen molar-refractivity contribution in [3.05, 3.63) is 47.6 Å². The van der Waals surface area contributed by atoms with E-state index in [4.69, 9.17) is 10.3 Å². The van der Waals surface area contributed by atoms with Gasteiger partial charge in [0.2, 0.25) is 5.89 Å². The Labute approximate surface area is 148 Å². The standard InChI is InChI=1S/C15H22N4O3S.ClH/c1-23(20,21)12-14-17-15(22-18-14)11-19(10-8-16)9-7-13-5-3-2-4-6-13;/h2-6H,7-12,16H2,1H3;1H. The summed E-state index contributed by atoms with van der Waals surface area (Å²) < 4.78 is 27.6. The van der Waals surface area contributed by atoms with Crippen molar-refractivity contribution in [2.24, 2.45) is 5.73 Å². The molecule has 134 valence electrons. The molecule has 0 saturated heterocycles. The maximum absolute atomic E-state index is 11.2. The molecule has 1 aromatic heterocycles. The van der Waals surface area contributed by atoms with Crippen molar-refractivity contribution < 1.29 is 12.9 Å². The van der Waals surface area contributed by atoms with Gasteiger partial charge < -0.3 is 10.3 Å². The van der Waals surface area contributed by atoms with Gasteiger partial charge in [-0.1, -0.05) is 35.5 Å². The molecule has 0 bridgehead atoms. The molecule has 0 atom stereocenters. The summed E-state index contributed by atoms with van der Waals surface area (Å²) in [4.78, 5) is 6.25. The summed E-state index contributed by atoms with van der Waals surface area (Å²) in [6.07, 6.45) is 2.04. The molecule has 0 amide bonds. The van der Waals surface area contributed by atoms with Crippen LogP contribution >= 0.6 is 12.4 Å². The molecule has 0 aliphatic heterocycles. The third-order valence-corrected chi connectivity index (χ3v) is 4.05. The lowest BCUT2D eigenvalue weighted by atomic mass is 10.1. The molecule has 0 fully saturated rings. The van der Waals surface area contributed by atoms with Crippen LogP contribution in [0.5, 0.6) is 0 Å². The van der Waals surface area contributed by atoms with Gasteiger partial charge in [0, 0.05) is 25.9 Å². The van der Waals surface area contributed by atoms with E-state index in [9.17, 15) is 8.42 Å². The van der Waals surface area contributed by atoms with Crippen molar-refractivity contribution in [2.45, 2.75) is 18.7 Å². The minimum atomic E-state index is -3.17. The molecule has 0 aliphatic rings. The lowest BCUT2D eigenvalue weighted by molar-refractivity contribution is 0.233. The predicted octanol–water partition coefficient (Wildman–Crippen LogP) is 1.04. The number of nitrogens with zero attached hydrogens (tertiary/aromatic N) is 3. The topological polar surface area (TPSA) is 102 Å². The van der Waals surface area contributed by atoms with E-state index in [1.54, 1.807) is 0 Å². The van der Waals surface area contributed by atoms with Crippen molar-refractivity contribution in [1.82, 2.24) is 15.0 Å². The van der Waals surface area contributed by atoms with Crippen molar-refractivity contribution in [2.75, 3.05) is 25.9 Å². The van der Waals surface area contributed by atoms with Crippen LogP contribution in [-0.4, -0.2) is 49.3 Å². The monoisotopic (exact) mass is 374 g/mol. The average Bonchev–Trinajstić information content (AvgIpc) is 2.91. The van der Waals surface area contributed by atoms with Gasteiger partial charge in [-0.25, -0.2) is 8.42 Å². The zero-order chi connectivity index (χ0) is 16.7. The van der Waals surface area contributed by atoms with E-state index in [2.05, 4.69) is 27.2 Å². The number of hydrogen-bond acceptors (Lipinski definition) is 7. The predicted molar refractivity (Wildman–Crippen MR) is 94.6 cm³/mol. The molecule has 7 nitrogen and oxygen atoms in total. The highest BCUT2D eigenvalue weighted by Crippen LogP contribution is 2.07. The molecule has 0 unspecified atom stereocenters. The van der Waals surface area contributed by atoms with Gasteiger partial charge in [-0.3, -0.25) is 4.90 Å². The van der Waals surface area contributed by atoms with Gasteiger partial charge >= 0.3 is 0 Å². The Balaban J connectivity index is 0.00000288. The molecule has 0 radical (unpaired) electrons. The SMILES string of the molecule is CS(=O)(=O)Cc1noc(CN(CCN)CCc2ccccc2)n1.Cl. The fraction of sp³-hybridized carbons (Fsp3) is 0.467. The summed E-state index contributed by atoms with van der Waals surface area (Å²) in [6, 6.07) is 10.2. The van der Waals surface area contributed by atoms with Crippen LogP contribution in [0.2, 0.25) is 0 Å². The van der Waals surface area contributed by atoms with Crippen LogP contribution in [0, 0.1) is 0 Å². The van der Waals surface area contributed by atoms with Crippen LogP contribution in [0.3, 0.4) is 0 Å². The van der Waals surface area contributed by atoms with E-state index in [0.717, 1.165) is 19.2 Å². The van der Waals surface area contributed by atoms with Crippen LogP contribution in [0.1, 0.15) is 17.3 Å². The first kappa shape index (κ1) is 20.6. The average molecular weight is 375 g/mol. The number of sulfone groups is 1. The Bertz CT molecular complexity index is 707. The minimum absolute atomic E-state index is 0. The van der Waals surface area contributed by atoms with E-state index in [0.29, 0.717) is 25.5 Å². The van der Waals surface area contributed by atoms with Gasteiger partial charge in [0.05, 0.1) is 6.54 Å². The van der Waals surface area contributed by atoms with E-state index in [-0.39, 0.29) is 24.0 Å². The Morgan fingerprint density at radius 3 is 2.54 bits per heavy atom. The number of hydrogen-bond donors (Lipinski definition) is 1. The first-order chi connectivity index (χ1) is 11.0. The quantitative estimate of drug-likeness (QED) is 0.699. The minimum Gasteiger partial charge on any atom is -0.338 e. The molecule has 0 spiro atoms. The van der Waals surface area contributed by atoms with E-state index in [1.165, 1.54) is 5.56 Å². The fourth-order valence-electron chi connectivity index (χ4n) is 2.22. The Morgan fingerprint density at radius 1 is 1.21 bits per heavy atom. The molecule has 1 aromatic carbocycles. The molecule has 2 N–H and O–H groups in total. The highest BCUT2D eigenvalue weighted by molar-refractivity contribution is 7.89. The number of nitrogens with two attached hydrogens (primary N) is 1. The number of halogens is 1. The summed E-state index contributed by atoms with van der Waals surface area (Å²) in [5.74, 6) is 0.389. The highest BCUT2D eigenvalue weighted by Gasteiger charge is 2.14. The second kappa shape index (κ2) is 9.73. The molecule has 2 rings (SSSR count). The fourth-order valence-corrected chi connectivity index (χ4v) is 2.81. The molecule has 0 saturated carbocycles. The van der Waals surface area contributed by atoms with Crippen LogP contribution in [0.4, 0.5) is 0 Å². The Hall–Kier alpha value is -1.48. The van der Waals surface area contributed by atoms with Crippen LogP contribution in [0.25, 0.3) is 0 Å². The zero-order valence-corrected chi connectivity index (χ0v) is 15.2. The smallest absolute Gasteiger partial charge is 0.240 e. The number of rotatable bonds is 9. The first-order valence-corrected chi connectivity index (χ1v) is 9.48. The third kappa shape index (κ3) is 7.39. The van der Waals surface area contributed by atoms with E-state index in [1.807, 2.05) is 18.2 Å². The van der Waals surface area contributed by atoms with E-state index >= 15 is 0 Å². The molecule has 1 heterocycles. The molecular weight excluding hydrogens is 352 g/mol. The van der Waals surface area contributed by atoms with Gasteiger partial charge in [-0.15, -0.1) is 12.4 Å². The molecule has 2 aromatic rings. The normalized spacial score (nSPS) is 11.5. The first-order valence-electron chi connectivity index (χ1n) is 7.42. The van der Waals surface area contributed by atoms with Gasteiger partial charge in [0.25, 0.3) is 0 Å². The summed E-state index contributed by atoms with van der Waals surface area (Å²) in [5, 5.41) is 3.71. The summed E-state index contributed by atoms with van der Waals surface area (Å²) in [6.45, 7) is 2.50. The van der Waals surface area contributed by atoms with Gasteiger partial charge in [-0.2, -0.15) is 4.98 Å². The van der Waals surface area contributed by atoms with Crippen molar-refractivity contribution in [1.29, 1.82) is 0 Å². The van der Waals surface area contributed by atoms with Crippen LogP contribution in [0.15, 0.2) is 34.9 Å². The third-order valence-electron chi connectivity index (χ3n) is 3.27. The Morgan fingerprint density at radius 2 is 1.92 bits per heavy atom. The van der Waals surface area contributed by atoms with Gasteiger partial charge in [-0.05, 0) is 12.0 Å². The van der Waals surface area contributed by atoms with Crippen molar-refractivity contribution in [3.63, 3.8) is 0 Å². The highest BCUT2D eigenvalue weighted by atomic mass is 35.5. The lowest BCUT2D eigenvalue weighted by Crippen LogP contribution is -2.31. The molecule has 0 aliphatic carbocycles. The maximum atomic E-state index is 11.2. The molecule has 9 heteroatoms. The second-order valence-electron chi connectivity index (χ2n) is 5.47. The molecule has 24 heavy (non-hydrogen) atoms. The van der Waals surface area contributed by atoms with Crippen LogP contribution < -0.4 is 5.73 Å². The summed E-state index contributed by atoms with van der Waals surface area (Å²) in [5.41, 5.74) is 6.90. The summed E-state index contributed by atoms with van der Waals surface area (Å²) in [7, 11) is -3.17. The summed E-state index contributed by atoms with van der Waals surface area (Å²) >= 11 is 0. The van der Waals surface area contributed by atoms with Gasteiger partial charge in [0.1, 0.15) is 5.75 Å².